The lowest BCUT2D eigenvalue weighted by molar-refractivity contribution is -0.119. The predicted octanol–water partition coefficient (Wildman–Crippen LogP) is 2.05. The molecule has 20 heavy (non-hydrogen) atoms. The Bertz CT molecular complexity index is 421. The number of aryl methyl sites for hydroxylation is 1. The molecule has 0 aromatic heterocycles. The zero-order valence-electron chi connectivity index (χ0n) is 12.8. The van der Waals surface area contributed by atoms with Gasteiger partial charge in [-0.05, 0) is 38.4 Å². The van der Waals surface area contributed by atoms with Gasteiger partial charge in [-0.25, -0.2) is 0 Å². The molecule has 0 aliphatic carbocycles. The molecule has 1 aromatic carbocycles. The van der Waals surface area contributed by atoms with Gasteiger partial charge in [0.25, 0.3) is 0 Å². The van der Waals surface area contributed by atoms with E-state index in [0.29, 0.717) is 19.5 Å². The van der Waals surface area contributed by atoms with Gasteiger partial charge in [0, 0.05) is 25.4 Å². The first kappa shape index (κ1) is 16.7. The number of benzene rings is 1. The fraction of sp³-hybridized carbons (Fsp3) is 0.562. The average Bonchev–Trinajstić information content (AvgIpc) is 2.46. The number of carbonyl (C=O) groups is 1. The minimum Gasteiger partial charge on any atom is -0.396 e. The van der Waals surface area contributed by atoms with Crippen LogP contribution in [0.4, 0.5) is 5.69 Å². The van der Waals surface area contributed by atoms with Crippen LogP contribution in [0, 0.1) is 6.92 Å². The molecule has 4 heteroatoms. The van der Waals surface area contributed by atoms with E-state index in [2.05, 4.69) is 4.90 Å². The number of amides is 1. The molecular weight excluding hydrogens is 252 g/mol. The zero-order valence-corrected chi connectivity index (χ0v) is 12.8. The molecule has 0 aliphatic rings. The Morgan fingerprint density at radius 1 is 1.20 bits per heavy atom. The van der Waals surface area contributed by atoms with E-state index in [1.54, 1.807) is 0 Å². The van der Waals surface area contributed by atoms with Crippen molar-refractivity contribution in [2.45, 2.75) is 27.2 Å². The van der Waals surface area contributed by atoms with Crippen LogP contribution in [-0.2, 0) is 4.79 Å². The van der Waals surface area contributed by atoms with Gasteiger partial charge in [0.15, 0.2) is 0 Å². The van der Waals surface area contributed by atoms with Crippen LogP contribution in [0.1, 0.15) is 25.8 Å². The lowest BCUT2D eigenvalue weighted by atomic mass is 10.2. The molecule has 1 amide bonds. The van der Waals surface area contributed by atoms with Crippen molar-refractivity contribution in [1.29, 1.82) is 0 Å². The molecule has 0 fully saturated rings. The standard InChI is InChI=1S/C16H26N2O2/c1-4-17(11-8-12-19)13-16(20)18(5-2)15-10-7-6-9-14(15)3/h6-7,9-10,19H,4-5,8,11-13H2,1-3H3. The second-order valence-corrected chi connectivity index (χ2v) is 4.87. The second kappa shape index (κ2) is 8.72. The number of para-hydroxylation sites is 1. The Hall–Kier alpha value is -1.39. The number of hydrogen-bond donors (Lipinski definition) is 1. The molecule has 0 aliphatic heterocycles. The fourth-order valence-corrected chi connectivity index (χ4v) is 2.27. The summed E-state index contributed by atoms with van der Waals surface area (Å²) in [6.45, 7) is 8.86. The van der Waals surface area contributed by atoms with E-state index < -0.39 is 0 Å². The van der Waals surface area contributed by atoms with Crippen molar-refractivity contribution in [3.8, 4) is 0 Å². The van der Waals surface area contributed by atoms with Crippen molar-refractivity contribution >= 4 is 11.6 Å². The van der Waals surface area contributed by atoms with E-state index in [1.165, 1.54) is 0 Å². The van der Waals surface area contributed by atoms with E-state index in [4.69, 9.17) is 5.11 Å². The topological polar surface area (TPSA) is 43.8 Å². The smallest absolute Gasteiger partial charge is 0.241 e. The van der Waals surface area contributed by atoms with Crippen LogP contribution >= 0.6 is 0 Å². The van der Waals surface area contributed by atoms with Gasteiger partial charge in [0.05, 0.1) is 6.54 Å². The Kier molecular flexibility index (Phi) is 7.26. The van der Waals surface area contributed by atoms with Crippen molar-refractivity contribution in [3.05, 3.63) is 29.8 Å². The molecule has 1 aromatic rings. The fourth-order valence-electron chi connectivity index (χ4n) is 2.27. The molecule has 1 N–H and O–H groups in total. The number of aliphatic hydroxyl groups is 1. The molecule has 0 saturated carbocycles. The summed E-state index contributed by atoms with van der Waals surface area (Å²) in [4.78, 5) is 16.4. The van der Waals surface area contributed by atoms with Gasteiger partial charge in [0.2, 0.25) is 5.91 Å². The largest absolute Gasteiger partial charge is 0.396 e. The highest BCUT2D eigenvalue weighted by Crippen LogP contribution is 2.19. The van der Waals surface area contributed by atoms with Gasteiger partial charge in [-0.2, -0.15) is 0 Å². The highest BCUT2D eigenvalue weighted by atomic mass is 16.3. The second-order valence-electron chi connectivity index (χ2n) is 4.87. The first-order valence-electron chi connectivity index (χ1n) is 7.33. The number of rotatable bonds is 8. The molecule has 0 atom stereocenters. The van der Waals surface area contributed by atoms with Gasteiger partial charge < -0.3 is 10.0 Å². The van der Waals surface area contributed by atoms with Crippen molar-refractivity contribution in [2.75, 3.05) is 37.7 Å². The number of anilines is 1. The zero-order chi connectivity index (χ0) is 15.0. The molecule has 0 bridgehead atoms. The Balaban J connectivity index is 2.74. The number of hydrogen-bond acceptors (Lipinski definition) is 3. The number of likely N-dealkylation sites (N-methyl/N-ethyl adjacent to an activating group) is 2. The van der Waals surface area contributed by atoms with Gasteiger partial charge >= 0.3 is 0 Å². The molecule has 0 unspecified atom stereocenters. The third kappa shape index (κ3) is 4.62. The summed E-state index contributed by atoms with van der Waals surface area (Å²) in [6, 6.07) is 7.95. The van der Waals surface area contributed by atoms with Crippen LogP contribution in [0.5, 0.6) is 0 Å². The summed E-state index contributed by atoms with van der Waals surface area (Å²) < 4.78 is 0. The van der Waals surface area contributed by atoms with Crippen LogP contribution < -0.4 is 4.90 Å². The monoisotopic (exact) mass is 278 g/mol. The average molecular weight is 278 g/mol. The molecule has 0 spiro atoms. The summed E-state index contributed by atoms with van der Waals surface area (Å²) in [5, 5.41) is 8.89. The molecule has 112 valence electrons. The summed E-state index contributed by atoms with van der Waals surface area (Å²) in [6.07, 6.45) is 0.706. The van der Waals surface area contributed by atoms with Gasteiger partial charge in [-0.1, -0.05) is 25.1 Å². The van der Waals surface area contributed by atoms with Gasteiger partial charge in [-0.15, -0.1) is 0 Å². The van der Waals surface area contributed by atoms with E-state index in [-0.39, 0.29) is 12.5 Å². The summed E-state index contributed by atoms with van der Waals surface area (Å²) in [7, 11) is 0. The van der Waals surface area contributed by atoms with Gasteiger partial charge in [-0.3, -0.25) is 9.69 Å². The van der Waals surface area contributed by atoms with E-state index in [9.17, 15) is 4.79 Å². The molecule has 1 rings (SSSR count). The van der Waals surface area contributed by atoms with Crippen LogP contribution in [0.3, 0.4) is 0 Å². The van der Waals surface area contributed by atoms with E-state index in [0.717, 1.165) is 24.3 Å². The minimum atomic E-state index is 0.113. The third-order valence-corrected chi connectivity index (χ3v) is 3.46. The van der Waals surface area contributed by atoms with E-state index >= 15 is 0 Å². The van der Waals surface area contributed by atoms with Crippen molar-refractivity contribution in [2.24, 2.45) is 0 Å². The first-order chi connectivity index (χ1) is 9.63. The van der Waals surface area contributed by atoms with Crippen molar-refractivity contribution in [1.82, 2.24) is 4.90 Å². The Morgan fingerprint density at radius 3 is 2.45 bits per heavy atom. The molecule has 0 saturated heterocycles. The Morgan fingerprint density at radius 2 is 1.90 bits per heavy atom. The summed E-state index contributed by atoms with van der Waals surface area (Å²) in [5.74, 6) is 0.113. The Labute approximate surface area is 122 Å². The molecular formula is C16H26N2O2. The molecule has 0 heterocycles. The minimum absolute atomic E-state index is 0.113. The highest BCUT2D eigenvalue weighted by molar-refractivity contribution is 5.95. The normalized spacial score (nSPS) is 10.8. The van der Waals surface area contributed by atoms with Crippen LogP contribution in [0.25, 0.3) is 0 Å². The maximum Gasteiger partial charge on any atom is 0.241 e. The number of carbonyl (C=O) groups excluding carboxylic acids is 1. The quantitative estimate of drug-likeness (QED) is 0.791. The maximum absolute atomic E-state index is 12.5. The highest BCUT2D eigenvalue weighted by Gasteiger charge is 2.17. The van der Waals surface area contributed by atoms with Crippen LogP contribution in [-0.4, -0.2) is 48.7 Å². The molecule has 4 nitrogen and oxygen atoms in total. The predicted molar refractivity (Wildman–Crippen MR) is 83.0 cm³/mol. The van der Waals surface area contributed by atoms with Gasteiger partial charge in [0.1, 0.15) is 0 Å². The summed E-state index contributed by atoms with van der Waals surface area (Å²) in [5.41, 5.74) is 2.10. The molecule has 0 radical (unpaired) electrons. The van der Waals surface area contributed by atoms with Crippen LogP contribution in [0.15, 0.2) is 24.3 Å². The number of aliphatic hydroxyl groups excluding tert-OH is 1. The lowest BCUT2D eigenvalue weighted by Gasteiger charge is -2.27. The van der Waals surface area contributed by atoms with Crippen LogP contribution in [0.2, 0.25) is 0 Å². The van der Waals surface area contributed by atoms with Crippen molar-refractivity contribution in [3.63, 3.8) is 0 Å². The third-order valence-electron chi connectivity index (χ3n) is 3.46. The van der Waals surface area contributed by atoms with Crippen molar-refractivity contribution < 1.29 is 9.90 Å². The lowest BCUT2D eigenvalue weighted by Crippen LogP contribution is -2.41. The van der Waals surface area contributed by atoms with E-state index in [1.807, 2.05) is 49.9 Å². The summed E-state index contributed by atoms with van der Waals surface area (Å²) >= 11 is 0. The number of nitrogens with zero attached hydrogens (tertiary/aromatic N) is 2. The maximum atomic E-state index is 12.5. The SMILES string of the molecule is CCN(CCCO)CC(=O)N(CC)c1ccccc1C. The first-order valence-corrected chi connectivity index (χ1v) is 7.33.